The standard InChI is InChI=1S/C18H16ClN/c1-13-11-16(19)9-10-18(13)20-12-15-7-4-6-14-5-2-3-8-17(14)15/h2-11,20H,12H2,1H3. The van der Waals surface area contributed by atoms with Crippen LogP contribution in [0.3, 0.4) is 0 Å². The Hall–Kier alpha value is -1.99. The van der Waals surface area contributed by atoms with E-state index in [0.717, 1.165) is 22.8 Å². The Balaban J connectivity index is 1.87. The van der Waals surface area contributed by atoms with Crippen molar-refractivity contribution < 1.29 is 0 Å². The second-order valence-electron chi connectivity index (χ2n) is 4.95. The molecule has 0 saturated carbocycles. The Labute approximate surface area is 124 Å². The van der Waals surface area contributed by atoms with Gasteiger partial charge in [-0.2, -0.15) is 0 Å². The van der Waals surface area contributed by atoms with Gasteiger partial charge in [0.1, 0.15) is 0 Å². The molecule has 3 aromatic rings. The molecule has 0 fully saturated rings. The summed E-state index contributed by atoms with van der Waals surface area (Å²) in [6.07, 6.45) is 0. The van der Waals surface area contributed by atoms with E-state index < -0.39 is 0 Å². The van der Waals surface area contributed by atoms with E-state index in [9.17, 15) is 0 Å². The highest BCUT2D eigenvalue weighted by Crippen LogP contribution is 2.22. The van der Waals surface area contributed by atoms with Crippen LogP contribution >= 0.6 is 11.6 Å². The molecule has 3 aromatic carbocycles. The van der Waals surface area contributed by atoms with Gasteiger partial charge in [0.15, 0.2) is 0 Å². The van der Waals surface area contributed by atoms with Crippen LogP contribution in [0.4, 0.5) is 5.69 Å². The van der Waals surface area contributed by atoms with Crippen molar-refractivity contribution in [2.24, 2.45) is 0 Å². The van der Waals surface area contributed by atoms with Crippen molar-refractivity contribution in [3.8, 4) is 0 Å². The summed E-state index contributed by atoms with van der Waals surface area (Å²) in [7, 11) is 0. The van der Waals surface area contributed by atoms with E-state index in [1.165, 1.54) is 16.3 Å². The lowest BCUT2D eigenvalue weighted by Gasteiger charge is -2.11. The van der Waals surface area contributed by atoms with Crippen LogP contribution in [0.5, 0.6) is 0 Å². The van der Waals surface area contributed by atoms with Gasteiger partial charge in [-0.05, 0) is 47.0 Å². The first-order chi connectivity index (χ1) is 9.74. The zero-order chi connectivity index (χ0) is 13.9. The van der Waals surface area contributed by atoms with Gasteiger partial charge in [0, 0.05) is 17.3 Å². The molecule has 2 heteroatoms. The van der Waals surface area contributed by atoms with Gasteiger partial charge in [-0.1, -0.05) is 54.1 Å². The van der Waals surface area contributed by atoms with Crippen LogP contribution in [0.2, 0.25) is 5.02 Å². The Bertz CT molecular complexity index is 744. The van der Waals surface area contributed by atoms with Gasteiger partial charge in [-0.15, -0.1) is 0 Å². The minimum atomic E-state index is 0.776. The highest BCUT2D eigenvalue weighted by molar-refractivity contribution is 6.30. The van der Waals surface area contributed by atoms with Crippen molar-refractivity contribution in [1.82, 2.24) is 0 Å². The predicted molar refractivity (Wildman–Crippen MR) is 87.5 cm³/mol. The number of anilines is 1. The molecular formula is C18H16ClN. The van der Waals surface area contributed by atoms with Crippen molar-refractivity contribution in [3.05, 3.63) is 76.8 Å². The van der Waals surface area contributed by atoms with E-state index in [4.69, 9.17) is 11.6 Å². The predicted octanol–water partition coefficient (Wildman–Crippen LogP) is 5.41. The number of nitrogens with one attached hydrogen (secondary N) is 1. The zero-order valence-corrected chi connectivity index (χ0v) is 12.1. The zero-order valence-electron chi connectivity index (χ0n) is 11.4. The van der Waals surface area contributed by atoms with Crippen LogP contribution in [0, 0.1) is 6.92 Å². The molecule has 0 heterocycles. The minimum absolute atomic E-state index is 0.776. The Morgan fingerprint density at radius 1 is 0.950 bits per heavy atom. The molecule has 1 nitrogen and oxygen atoms in total. The second-order valence-corrected chi connectivity index (χ2v) is 5.39. The molecule has 100 valence electrons. The smallest absolute Gasteiger partial charge is 0.0410 e. The van der Waals surface area contributed by atoms with Gasteiger partial charge >= 0.3 is 0 Å². The molecule has 0 aromatic heterocycles. The van der Waals surface area contributed by atoms with Crippen LogP contribution in [-0.2, 0) is 6.54 Å². The summed E-state index contributed by atoms with van der Waals surface area (Å²) < 4.78 is 0. The number of hydrogen-bond acceptors (Lipinski definition) is 1. The first kappa shape index (κ1) is 13.0. The molecule has 0 atom stereocenters. The molecule has 0 aliphatic heterocycles. The SMILES string of the molecule is Cc1cc(Cl)ccc1NCc1cccc2ccccc12. The molecule has 1 N–H and O–H groups in total. The highest BCUT2D eigenvalue weighted by atomic mass is 35.5. The fraction of sp³-hybridized carbons (Fsp3) is 0.111. The van der Waals surface area contributed by atoms with Gasteiger partial charge in [-0.3, -0.25) is 0 Å². The van der Waals surface area contributed by atoms with Crippen LogP contribution < -0.4 is 5.32 Å². The summed E-state index contributed by atoms with van der Waals surface area (Å²) in [5.74, 6) is 0. The summed E-state index contributed by atoms with van der Waals surface area (Å²) in [4.78, 5) is 0. The molecule has 0 aliphatic rings. The van der Waals surface area contributed by atoms with Crippen LogP contribution in [0.1, 0.15) is 11.1 Å². The van der Waals surface area contributed by atoms with E-state index in [0.29, 0.717) is 0 Å². The van der Waals surface area contributed by atoms with Crippen molar-refractivity contribution in [3.63, 3.8) is 0 Å². The van der Waals surface area contributed by atoms with Crippen molar-refractivity contribution in [1.29, 1.82) is 0 Å². The summed E-state index contributed by atoms with van der Waals surface area (Å²) in [6, 6.07) is 20.8. The number of rotatable bonds is 3. The second kappa shape index (κ2) is 5.56. The summed E-state index contributed by atoms with van der Waals surface area (Å²) in [6.45, 7) is 2.88. The lowest BCUT2D eigenvalue weighted by atomic mass is 10.0. The fourth-order valence-corrected chi connectivity index (χ4v) is 2.69. The van der Waals surface area contributed by atoms with E-state index >= 15 is 0 Å². The molecule has 0 amide bonds. The third-order valence-electron chi connectivity index (χ3n) is 3.54. The van der Waals surface area contributed by atoms with Crippen LogP contribution in [0.25, 0.3) is 10.8 Å². The van der Waals surface area contributed by atoms with Crippen LogP contribution in [-0.4, -0.2) is 0 Å². The van der Waals surface area contributed by atoms with Crippen LogP contribution in [0.15, 0.2) is 60.7 Å². The van der Waals surface area contributed by atoms with E-state index in [-0.39, 0.29) is 0 Å². The minimum Gasteiger partial charge on any atom is -0.381 e. The topological polar surface area (TPSA) is 12.0 Å². The number of aryl methyl sites for hydroxylation is 1. The van der Waals surface area contributed by atoms with E-state index in [1.807, 2.05) is 18.2 Å². The molecule has 0 bridgehead atoms. The summed E-state index contributed by atoms with van der Waals surface area (Å²) in [5, 5.41) is 6.84. The number of fused-ring (bicyclic) bond motifs is 1. The maximum atomic E-state index is 5.98. The third-order valence-corrected chi connectivity index (χ3v) is 3.77. The Morgan fingerprint density at radius 2 is 1.75 bits per heavy atom. The molecular weight excluding hydrogens is 266 g/mol. The van der Waals surface area contributed by atoms with Gasteiger partial charge in [0.05, 0.1) is 0 Å². The van der Waals surface area contributed by atoms with Crippen molar-refractivity contribution in [2.75, 3.05) is 5.32 Å². The lowest BCUT2D eigenvalue weighted by molar-refractivity contribution is 1.16. The Morgan fingerprint density at radius 3 is 2.60 bits per heavy atom. The molecule has 20 heavy (non-hydrogen) atoms. The number of halogens is 1. The molecule has 3 rings (SSSR count). The molecule has 0 radical (unpaired) electrons. The van der Waals surface area contributed by atoms with E-state index in [2.05, 4.69) is 54.7 Å². The van der Waals surface area contributed by atoms with E-state index in [1.54, 1.807) is 0 Å². The summed E-state index contributed by atoms with van der Waals surface area (Å²) in [5.41, 5.74) is 3.59. The lowest BCUT2D eigenvalue weighted by Crippen LogP contribution is -2.01. The van der Waals surface area contributed by atoms with Crippen molar-refractivity contribution >= 4 is 28.1 Å². The molecule has 0 spiro atoms. The third kappa shape index (κ3) is 2.63. The number of benzene rings is 3. The summed E-state index contributed by atoms with van der Waals surface area (Å²) >= 11 is 5.98. The highest BCUT2D eigenvalue weighted by Gasteiger charge is 2.02. The fourth-order valence-electron chi connectivity index (χ4n) is 2.46. The monoisotopic (exact) mass is 281 g/mol. The average molecular weight is 282 g/mol. The normalized spacial score (nSPS) is 10.7. The van der Waals surface area contributed by atoms with Gasteiger partial charge in [0.2, 0.25) is 0 Å². The maximum Gasteiger partial charge on any atom is 0.0410 e. The average Bonchev–Trinajstić information content (AvgIpc) is 2.46. The van der Waals surface area contributed by atoms with Crippen molar-refractivity contribution in [2.45, 2.75) is 13.5 Å². The van der Waals surface area contributed by atoms with Gasteiger partial charge in [-0.25, -0.2) is 0 Å². The number of hydrogen-bond donors (Lipinski definition) is 1. The Kier molecular flexibility index (Phi) is 3.62. The first-order valence-corrected chi connectivity index (χ1v) is 7.08. The van der Waals surface area contributed by atoms with Gasteiger partial charge < -0.3 is 5.32 Å². The molecule has 0 aliphatic carbocycles. The molecule has 0 saturated heterocycles. The molecule has 0 unspecified atom stereocenters. The first-order valence-electron chi connectivity index (χ1n) is 6.71. The quantitative estimate of drug-likeness (QED) is 0.676. The maximum absolute atomic E-state index is 5.98. The largest absolute Gasteiger partial charge is 0.381 e. The van der Waals surface area contributed by atoms with Gasteiger partial charge in [0.25, 0.3) is 0 Å².